The smallest absolute Gasteiger partial charge is 0.255 e. The van der Waals surface area contributed by atoms with Crippen LogP contribution in [-0.2, 0) is 9.59 Å². The van der Waals surface area contributed by atoms with Gasteiger partial charge in [0.25, 0.3) is 5.91 Å². The number of Topliss-reactive ketones (excluding diaryl/α,β-unsaturated/α-hetero) is 1. The standard InChI is InChI=1S/C20H17Cl2NO2/c1-14(24)19(12-16-10-17(21)13-18(22)11-16)20(25)23-9-5-8-15-6-3-2-4-7-15/h2-8,10-13H,9H2,1H3,(H,23,25). The number of rotatable bonds is 6. The first-order valence-corrected chi connectivity index (χ1v) is 8.40. The number of hydrogen-bond acceptors (Lipinski definition) is 2. The lowest BCUT2D eigenvalue weighted by Gasteiger charge is -2.05. The largest absolute Gasteiger partial charge is 0.348 e. The number of amides is 1. The second-order valence-corrected chi connectivity index (χ2v) is 6.21. The summed E-state index contributed by atoms with van der Waals surface area (Å²) in [5.41, 5.74) is 1.68. The quantitative estimate of drug-likeness (QED) is 0.449. The van der Waals surface area contributed by atoms with E-state index in [1.54, 1.807) is 18.2 Å². The number of benzene rings is 2. The number of carbonyl (C=O) groups excluding carboxylic acids is 2. The summed E-state index contributed by atoms with van der Waals surface area (Å²) < 4.78 is 0. The van der Waals surface area contributed by atoms with Gasteiger partial charge in [0.05, 0.1) is 5.57 Å². The lowest BCUT2D eigenvalue weighted by molar-refractivity contribution is -0.121. The van der Waals surface area contributed by atoms with Crippen LogP contribution in [0.4, 0.5) is 0 Å². The van der Waals surface area contributed by atoms with Crippen molar-refractivity contribution in [2.75, 3.05) is 6.54 Å². The van der Waals surface area contributed by atoms with E-state index in [0.717, 1.165) is 5.56 Å². The van der Waals surface area contributed by atoms with Gasteiger partial charge in [0.2, 0.25) is 0 Å². The monoisotopic (exact) mass is 373 g/mol. The van der Waals surface area contributed by atoms with Crippen molar-refractivity contribution in [3.63, 3.8) is 0 Å². The van der Waals surface area contributed by atoms with Gasteiger partial charge >= 0.3 is 0 Å². The molecule has 0 radical (unpaired) electrons. The van der Waals surface area contributed by atoms with Crippen LogP contribution in [0.3, 0.4) is 0 Å². The van der Waals surface area contributed by atoms with Crippen molar-refractivity contribution in [2.45, 2.75) is 6.92 Å². The van der Waals surface area contributed by atoms with Gasteiger partial charge < -0.3 is 5.32 Å². The van der Waals surface area contributed by atoms with E-state index < -0.39 is 5.91 Å². The summed E-state index contributed by atoms with van der Waals surface area (Å²) >= 11 is 11.9. The minimum absolute atomic E-state index is 0.0476. The Morgan fingerprint density at radius 3 is 2.24 bits per heavy atom. The maximum atomic E-state index is 12.3. The summed E-state index contributed by atoms with van der Waals surface area (Å²) in [5.74, 6) is -0.776. The van der Waals surface area contributed by atoms with Crippen molar-refractivity contribution in [1.29, 1.82) is 0 Å². The average Bonchev–Trinajstić information content (AvgIpc) is 2.56. The first kappa shape index (κ1) is 19.0. The highest BCUT2D eigenvalue weighted by Gasteiger charge is 2.13. The highest BCUT2D eigenvalue weighted by atomic mass is 35.5. The van der Waals surface area contributed by atoms with Crippen molar-refractivity contribution in [2.24, 2.45) is 0 Å². The number of carbonyl (C=O) groups is 2. The van der Waals surface area contributed by atoms with E-state index in [-0.39, 0.29) is 11.4 Å². The summed E-state index contributed by atoms with van der Waals surface area (Å²) in [6.45, 7) is 1.66. The van der Waals surface area contributed by atoms with Gasteiger partial charge in [-0.25, -0.2) is 0 Å². The molecule has 25 heavy (non-hydrogen) atoms. The van der Waals surface area contributed by atoms with Crippen molar-refractivity contribution < 1.29 is 9.59 Å². The Balaban J connectivity index is 2.06. The zero-order valence-electron chi connectivity index (χ0n) is 13.6. The zero-order chi connectivity index (χ0) is 18.2. The number of hydrogen-bond donors (Lipinski definition) is 1. The average molecular weight is 374 g/mol. The molecule has 2 aromatic carbocycles. The molecular weight excluding hydrogens is 357 g/mol. The van der Waals surface area contributed by atoms with Gasteiger partial charge in [-0.3, -0.25) is 9.59 Å². The molecule has 0 aliphatic rings. The Labute approximate surface area is 157 Å². The maximum absolute atomic E-state index is 12.3. The zero-order valence-corrected chi connectivity index (χ0v) is 15.1. The van der Waals surface area contributed by atoms with Crippen LogP contribution in [0, 0.1) is 0 Å². The summed E-state index contributed by atoms with van der Waals surface area (Å²) in [5, 5.41) is 3.58. The molecule has 3 nitrogen and oxygen atoms in total. The third kappa shape index (κ3) is 6.22. The summed E-state index contributed by atoms with van der Waals surface area (Å²) in [4.78, 5) is 24.1. The predicted molar refractivity (Wildman–Crippen MR) is 104 cm³/mol. The van der Waals surface area contributed by atoms with Crippen LogP contribution in [0.1, 0.15) is 18.1 Å². The fourth-order valence-electron chi connectivity index (χ4n) is 2.16. The minimum Gasteiger partial charge on any atom is -0.348 e. The molecule has 1 amide bonds. The SMILES string of the molecule is CC(=O)C(=Cc1cc(Cl)cc(Cl)c1)C(=O)NCC=Cc1ccccc1. The fraction of sp³-hybridized carbons (Fsp3) is 0.100. The first-order chi connectivity index (χ1) is 12.0. The molecular formula is C20H17Cl2NO2. The predicted octanol–water partition coefficient (Wildman–Crippen LogP) is 4.80. The van der Waals surface area contributed by atoms with Crippen molar-refractivity contribution in [3.8, 4) is 0 Å². The van der Waals surface area contributed by atoms with E-state index in [1.165, 1.54) is 13.0 Å². The van der Waals surface area contributed by atoms with Gasteiger partial charge in [-0.15, -0.1) is 0 Å². The van der Waals surface area contributed by atoms with E-state index in [2.05, 4.69) is 5.32 Å². The molecule has 0 aliphatic carbocycles. The highest BCUT2D eigenvalue weighted by Crippen LogP contribution is 2.21. The summed E-state index contributed by atoms with van der Waals surface area (Å²) in [6.07, 6.45) is 5.20. The molecule has 1 N–H and O–H groups in total. The van der Waals surface area contributed by atoms with Gasteiger partial charge in [-0.05, 0) is 42.3 Å². The number of nitrogens with one attached hydrogen (secondary N) is 1. The normalized spacial score (nSPS) is 11.6. The summed E-state index contributed by atoms with van der Waals surface area (Å²) in [7, 11) is 0. The topological polar surface area (TPSA) is 46.2 Å². The van der Waals surface area contributed by atoms with Crippen LogP contribution in [-0.4, -0.2) is 18.2 Å². The van der Waals surface area contributed by atoms with E-state index in [4.69, 9.17) is 23.2 Å². The third-order valence-electron chi connectivity index (χ3n) is 3.31. The van der Waals surface area contributed by atoms with Crippen molar-refractivity contribution in [3.05, 3.63) is 81.4 Å². The second kappa shape index (κ2) is 9.21. The van der Waals surface area contributed by atoms with Gasteiger partial charge in [-0.1, -0.05) is 65.7 Å². The molecule has 2 rings (SSSR count). The minimum atomic E-state index is -0.443. The second-order valence-electron chi connectivity index (χ2n) is 5.34. The molecule has 0 saturated heterocycles. The van der Waals surface area contributed by atoms with Gasteiger partial charge in [0.15, 0.2) is 5.78 Å². The Bertz CT molecular complexity index is 807. The lowest BCUT2D eigenvalue weighted by Crippen LogP contribution is -2.27. The van der Waals surface area contributed by atoms with Crippen LogP contribution in [0.15, 0.2) is 60.2 Å². The van der Waals surface area contributed by atoms with E-state index in [1.807, 2.05) is 42.5 Å². The Morgan fingerprint density at radius 2 is 1.64 bits per heavy atom. The van der Waals surface area contributed by atoms with E-state index in [9.17, 15) is 9.59 Å². The molecule has 0 atom stereocenters. The Hall–Kier alpha value is -2.36. The molecule has 0 spiro atoms. The molecule has 5 heteroatoms. The van der Waals surface area contributed by atoms with Crippen LogP contribution in [0.5, 0.6) is 0 Å². The maximum Gasteiger partial charge on any atom is 0.255 e. The number of ketones is 1. The summed E-state index contributed by atoms with van der Waals surface area (Å²) in [6, 6.07) is 14.6. The first-order valence-electron chi connectivity index (χ1n) is 7.64. The van der Waals surface area contributed by atoms with Crippen molar-refractivity contribution in [1.82, 2.24) is 5.32 Å². The van der Waals surface area contributed by atoms with E-state index >= 15 is 0 Å². The van der Waals surface area contributed by atoms with E-state index in [0.29, 0.717) is 22.2 Å². The molecule has 0 aromatic heterocycles. The molecule has 128 valence electrons. The molecule has 2 aromatic rings. The lowest BCUT2D eigenvalue weighted by atomic mass is 10.1. The highest BCUT2D eigenvalue weighted by molar-refractivity contribution is 6.35. The molecule has 0 unspecified atom stereocenters. The molecule has 0 aliphatic heterocycles. The molecule has 0 saturated carbocycles. The molecule has 0 fully saturated rings. The molecule has 0 heterocycles. The van der Waals surface area contributed by atoms with Gasteiger partial charge in [0.1, 0.15) is 0 Å². The Morgan fingerprint density at radius 1 is 1.00 bits per heavy atom. The fourth-order valence-corrected chi connectivity index (χ4v) is 2.70. The van der Waals surface area contributed by atoms with Gasteiger partial charge in [-0.2, -0.15) is 0 Å². The van der Waals surface area contributed by atoms with Crippen LogP contribution in [0.25, 0.3) is 12.2 Å². The van der Waals surface area contributed by atoms with Gasteiger partial charge in [0, 0.05) is 16.6 Å². The van der Waals surface area contributed by atoms with Crippen LogP contribution < -0.4 is 5.32 Å². The third-order valence-corrected chi connectivity index (χ3v) is 3.75. The molecule has 0 bridgehead atoms. The Kier molecular flexibility index (Phi) is 6.99. The van der Waals surface area contributed by atoms with Crippen molar-refractivity contribution >= 4 is 47.0 Å². The van der Waals surface area contributed by atoms with Crippen LogP contribution >= 0.6 is 23.2 Å². The number of halogens is 2. The van der Waals surface area contributed by atoms with Crippen LogP contribution in [0.2, 0.25) is 10.0 Å².